The van der Waals surface area contributed by atoms with E-state index in [0.717, 1.165) is 28.8 Å². The summed E-state index contributed by atoms with van der Waals surface area (Å²) in [6.07, 6.45) is 1.30. The molecule has 0 amide bonds. The third kappa shape index (κ3) is 5.37. The summed E-state index contributed by atoms with van der Waals surface area (Å²) in [5.41, 5.74) is 9.65. The minimum absolute atomic E-state index is 0.0195. The van der Waals surface area contributed by atoms with Gasteiger partial charge >= 0.3 is 5.97 Å². The van der Waals surface area contributed by atoms with E-state index in [2.05, 4.69) is 17.7 Å². The van der Waals surface area contributed by atoms with E-state index in [1.165, 1.54) is 13.2 Å². The number of carbonyl (C=O) groups is 1. The van der Waals surface area contributed by atoms with Crippen LogP contribution in [0.15, 0.2) is 42.5 Å². The van der Waals surface area contributed by atoms with Crippen molar-refractivity contribution in [2.75, 3.05) is 12.8 Å². The fourth-order valence-electron chi connectivity index (χ4n) is 2.51. The molecule has 0 aromatic heterocycles. The van der Waals surface area contributed by atoms with Crippen molar-refractivity contribution in [3.63, 3.8) is 0 Å². The summed E-state index contributed by atoms with van der Waals surface area (Å²) in [6.45, 7) is 5.84. The molecule has 3 nitrogen and oxygen atoms in total. The lowest BCUT2D eigenvalue weighted by Crippen LogP contribution is -2.06. The fourth-order valence-corrected chi connectivity index (χ4v) is 2.51. The normalized spacial score (nSPS) is 11.2. The van der Waals surface area contributed by atoms with Gasteiger partial charge in [0.05, 0.1) is 7.11 Å². The van der Waals surface area contributed by atoms with Crippen LogP contribution in [0.1, 0.15) is 49.3 Å². The molecule has 0 aliphatic carbocycles. The zero-order chi connectivity index (χ0) is 18.1. The van der Waals surface area contributed by atoms with Crippen molar-refractivity contribution in [3.8, 4) is 0 Å². The first-order valence-electron chi connectivity index (χ1n) is 8.11. The average Bonchev–Trinajstić information content (AvgIpc) is 2.60. The predicted molar refractivity (Wildman–Crippen MR) is 96.4 cm³/mol. The molecule has 2 aromatic rings. The van der Waals surface area contributed by atoms with Crippen molar-refractivity contribution in [3.05, 3.63) is 65.0 Å². The van der Waals surface area contributed by atoms with Crippen LogP contribution in [0.3, 0.4) is 0 Å². The maximum Gasteiger partial charge on any atom is 0.305 e. The number of hydrogen-bond acceptors (Lipinski definition) is 3. The summed E-state index contributed by atoms with van der Waals surface area (Å²) >= 11 is 0. The molecular weight excluding hydrogens is 305 g/mol. The van der Waals surface area contributed by atoms with Crippen LogP contribution in [0.4, 0.5) is 10.1 Å². The number of methoxy groups -OCH3 is 1. The maximum absolute atomic E-state index is 13.9. The lowest BCUT2D eigenvalue weighted by atomic mass is 9.87. The molecule has 1 unspecified atom stereocenters. The highest BCUT2D eigenvalue weighted by Gasteiger charge is 2.18. The lowest BCUT2D eigenvalue weighted by Gasteiger charge is -2.19. The van der Waals surface area contributed by atoms with Crippen LogP contribution in [0.25, 0.3) is 0 Å². The molecule has 0 bridgehead atoms. The highest BCUT2D eigenvalue weighted by atomic mass is 19.1. The summed E-state index contributed by atoms with van der Waals surface area (Å²) < 4.78 is 18.2. The van der Waals surface area contributed by atoms with Gasteiger partial charge in [0.1, 0.15) is 5.82 Å². The number of aryl methyl sites for hydroxylation is 1. The quantitative estimate of drug-likeness (QED) is 0.645. The average molecular weight is 331 g/mol. The molecule has 0 aliphatic rings. The van der Waals surface area contributed by atoms with Crippen LogP contribution >= 0.6 is 0 Å². The molecule has 4 heteroatoms. The van der Waals surface area contributed by atoms with Crippen LogP contribution in [0, 0.1) is 12.7 Å². The zero-order valence-electron chi connectivity index (χ0n) is 14.8. The molecule has 0 spiro atoms. The smallest absolute Gasteiger partial charge is 0.305 e. The largest absolute Gasteiger partial charge is 0.469 e. The number of benzene rings is 2. The van der Waals surface area contributed by atoms with E-state index >= 15 is 0 Å². The molecule has 0 saturated heterocycles. The molecule has 0 saturated carbocycles. The molecule has 130 valence electrons. The number of nitrogens with two attached hydrogens (primary N) is 1. The van der Waals surface area contributed by atoms with Crippen molar-refractivity contribution in [1.82, 2.24) is 0 Å². The number of nitrogen functional groups attached to an aromatic ring is 1. The van der Waals surface area contributed by atoms with E-state index in [1.54, 1.807) is 13.0 Å². The highest BCUT2D eigenvalue weighted by molar-refractivity contribution is 5.68. The van der Waals surface area contributed by atoms with Crippen LogP contribution in [0.2, 0.25) is 0 Å². The number of carbonyl (C=O) groups excluding carboxylic acids is 1. The van der Waals surface area contributed by atoms with Crippen LogP contribution in [-0.2, 0) is 9.53 Å². The van der Waals surface area contributed by atoms with Gasteiger partial charge in [-0.1, -0.05) is 49.7 Å². The van der Waals surface area contributed by atoms with E-state index in [9.17, 15) is 9.18 Å². The molecule has 0 heterocycles. The first-order valence-corrected chi connectivity index (χ1v) is 8.11. The molecule has 24 heavy (non-hydrogen) atoms. The molecule has 2 N–H and O–H groups in total. The van der Waals surface area contributed by atoms with E-state index in [-0.39, 0.29) is 17.7 Å². The Morgan fingerprint density at radius 3 is 2.33 bits per heavy atom. The topological polar surface area (TPSA) is 52.3 Å². The van der Waals surface area contributed by atoms with Gasteiger partial charge in [-0.15, -0.1) is 0 Å². The van der Waals surface area contributed by atoms with Crippen molar-refractivity contribution in [1.29, 1.82) is 0 Å². The molecule has 0 radical (unpaired) electrons. The third-order valence-corrected chi connectivity index (χ3v) is 3.82. The van der Waals surface area contributed by atoms with Gasteiger partial charge < -0.3 is 10.5 Å². The maximum atomic E-state index is 13.9. The lowest BCUT2D eigenvalue weighted by molar-refractivity contribution is -0.140. The first-order chi connectivity index (χ1) is 11.4. The third-order valence-electron chi connectivity index (χ3n) is 3.82. The Morgan fingerprint density at radius 1 is 1.17 bits per heavy atom. The Labute approximate surface area is 143 Å². The Balaban J connectivity index is 0.000000413. The van der Waals surface area contributed by atoms with Gasteiger partial charge in [-0.2, -0.15) is 0 Å². The monoisotopic (exact) mass is 331 g/mol. The van der Waals surface area contributed by atoms with Gasteiger partial charge in [0.25, 0.3) is 0 Å². The van der Waals surface area contributed by atoms with Gasteiger partial charge in [0, 0.05) is 18.0 Å². The van der Waals surface area contributed by atoms with E-state index < -0.39 is 0 Å². The van der Waals surface area contributed by atoms with E-state index in [4.69, 9.17) is 5.73 Å². The number of ether oxygens (including phenoxy) is 1. The summed E-state index contributed by atoms with van der Waals surface area (Å²) in [7, 11) is 1.38. The van der Waals surface area contributed by atoms with Crippen molar-refractivity contribution < 1.29 is 13.9 Å². The van der Waals surface area contributed by atoms with Gasteiger partial charge in [0.2, 0.25) is 0 Å². The van der Waals surface area contributed by atoms with Crippen LogP contribution < -0.4 is 5.73 Å². The summed E-state index contributed by atoms with van der Waals surface area (Å²) in [5, 5.41) is 0. The van der Waals surface area contributed by atoms with Crippen molar-refractivity contribution in [2.24, 2.45) is 0 Å². The van der Waals surface area contributed by atoms with Gasteiger partial charge in [0.15, 0.2) is 0 Å². The Hall–Kier alpha value is -2.36. The standard InChI is InChI=1S/C16H18FN.C4H8O2/c1-3-12(13-6-4-5-7-15(13)17)14-10-11(2)8-9-16(14)18;1-3-4(5)6-2/h4-10,12H,3,18H2,1-2H3;3H2,1-2H3. The van der Waals surface area contributed by atoms with Crippen LogP contribution in [-0.4, -0.2) is 13.1 Å². The van der Waals surface area contributed by atoms with Crippen molar-refractivity contribution >= 4 is 11.7 Å². The number of halogens is 1. The highest BCUT2D eigenvalue weighted by Crippen LogP contribution is 2.33. The first kappa shape index (κ1) is 19.7. The van der Waals surface area contributed by atoms with Gasteiger partial charge in [-0.3, -0.25) is 4.79 Å². The second-order valence-electron chi connectivity index (χ2n) is 5.54. The number of hydrogen-bond donors (Lipinski definition) is 1. The number of anilines is 1. The molecule has 2 rings (SSSR count). The second-order valence-corrected chi connectivity index (χ2v) is 5.54. The molecule has 1 atom stereocenters. The predicted octanol–water partition coefficient (Wildman–Crippen LogP) is 4.83. The molecule has 0 fully saturated rings. The summed E-state index contributed by atoms with van der Waals surface area (Å²) in [6, 6.07) is 12.9. The van der Waals surface area contributed by atoms with E-state index in [1.807, 2.05) is 31.2 Å². The minimum Gasteiger partial charge on any atom is -0.469 e. The van der Waals surface area contributed by atoms with Gasteiger partial charge in [-0.05, 0) is 36.6 Å². The zero-order valence-corrected chi connectivity index (χ0v) is 14.8. The SMILES string of the molecule is CCC(=O)OC.CCC(c1cc(C)ccc1N)c1ccccc1F. The van der Waals surface area contributed by atoms with E-state index in [0.29, 0.717) is 6.42 Å². The molecule has 0 aliphatic heterocycles. The van der Waals surface area contributed by atoms with Crippen LogP contribution in [0.5, 0.6) is 0 Å². The number of esters is 1. The second kappa shape index (κ2) is 9.71. The van der Waals surface area contributed by atoms with Gasteiger partial charge in [-0.25, -0.2) is 4.39 Å². The Morgan fingerprint density at radius 2 is 1.83 bits per heavy atom. The fraction of sp³-hybridized carbons (Fsp3) is 0.350. The summed E-state index contributed by atoms with van der Waals surface area (Å²) in [4.78, 5) is 9.96. The Bertz CT molecular complexity index is 664. The minimum atomic E-state index is -0.162. The molecular formula is C20H26FNO2. The Kier molecular flexibility index (Phi) is 7.96. The van der Waals surface area contributed by atoms with Crippen molar-refractivity contribution in [2.45, 2.75) is 39.5 Å². The summed E-state index contributed by atoms with van der Waals surface area (Å²) in [5.74, 6) is -0.300. The number of rotatable bonds is 4. The molecule has 2 aromatic carbocycles.